The van der Waals surface area contributed by atoms with E-state index in [1.54, 1.807) is 20.8 Å². The van der Waals surface area contributed by atoms with Gasteiger partial charge in [-0.05, 0) is 33.6 Å². The fourth-order valence-corrected chi connectivity index (χ4v) is 2.54. The quantitative estimate of drug-likeness (QED) is 0.647. The molecule has 0 bridgehead atoms. The molecule has 0 aromatic heterocycles. The van der Waals surface area contributed by atoms with Crippen molar-refractivity contribution in [2.75, 3.05) is 12.4 Å². The van der Waals surface area contributed by atoms with Crippen molar-refractivity contribution in [2.45, 2.75) is 39.2 Å². The fraction of sp³-hybridized carbons (Fsp3) is 1.00. The van der Waals surface area contributed by atoms with E-state index in [4.69, 9.17) is 5.11 Å². The lowest BCUT2D eigenvalue weighted by molar-refractivity contribution is 0.287. The predicted octanol–water partition coefficient (Wildman–Crippen LogP) is 0.477. The Labute approximate surface area is 80.4 Å². The third kappa shape index (κ3) is 8.21. The standard InChI is InChI=1S/C8H19NO3S/c1-8(2,3)9-13(11,12)7-5-4-6-10/h9-10H,4-7H2,1-3H3. The topological polar surface area (TPSA) is 66.4 Å². The monoisotopic (exact) mass is 209 g/mol. The normalized spacial score (nSPS) is 13.2. The van der Waals surface area contributed by atoms with E-state index in [9.17, 15) is 8.42 Å². The van der Waals surface area contributed by atoms with Gasteiger partial charge in [-0.15, -0.1) is 0 Å². The van der Waals surface area contributed by atoms with E-state index >= 15 is 0 Å². The van der Waals surface area contributed by atoms with Gasteiger partial charge in [-0.3, -0.25) is 0 Å². The van der Waals surface area contributed by atoms with Gasteiger partial charge in [0.1, 0.15) is 0 Å². The molecule has 0 rings (SSSR count). The Bertz CT molecular complexity index is 228. The first-order valence-electron chi connectivity index (χ1n) is 4.39. The minimum absolute atomic E-state index is 0.0467. The van der Waals surface area contributed by atoms with E-state index in [-0.39, 0.29) is 12.4 Å². The van der Waals surface area contributed by atoms with Crippen LogP contribution in [0.2, 0.25) is 0 Å². The first-order chi connectivity index (χ1) is 5.77. The van der Waals surface area contributed by atoms with Gasteiger partial charge in [-0.25, -0.2) is 13.1 Å². The molecule has 0 aliphatic rings. The third-order valence-corrected chi connectivity index (χ3v) is 3.03. The number of hydrogen-bond acceptors (Lipinski definition) is 3. The van der Waals surface area contributed by atoms with Gasteiger partial charge in [0.15, 0.2) is 0 Å². The molecular formula is C8H19NO3S. The van der Waals surface area contributed by atoms with Gasteiger partial charge in [0.25, 0.3) is 0 Å². The van der Waals surface area contributed by atoms with Crippen LogP contribution in [-0.4, -0.2) is 31.4 Å². The second-order valence-electron chi connectivity index (χ2n) is 4.10. The van der Waals surface area contributed by atoms with Gasteiger partial charge in [0, 0.05) is 12.1 Å². The maximum Gasteiger partial charge on any atom is 0.212 e. The summed E-state index contributed by atoms with van der Waals surface area (Å²) < 4.78 is 25.2. The van der Waals surface area contributed by atoms with Crippen molar-refractivity contribution < 1.29 is 13.5 Å². The molecule has 13 heavy (non-hydrogen) atoms. The average molecular weight is 209 g/mol. The minimum atomic E-state index is -3.17. The highest BCUT2D eigenvalue weighted by molar-refractivity contribution is 7.89. The summed E-state index contributed by atoms with van der Waals surface area (Å²) in [7, 11) is -3.17. The van der Waals surface area contributed by atoms with E-state index < -0.39 is 15.6 Å². The van der Waals surface area contributed by atoms with E-state index in [1.807, 2.05) is 0 Å². The van der Waals surface area contributed by atoms with Crippen molar-refractivity contribution >= 4 is 10.0 Å². The van der Waals surface area contributed by atoms with Gasteiger partial charge in [0.2, 0.25) is 10.0 Å². The molecule has 0 fully saturated rings. The smallest absolute Gasteiger partial charge is 0.212 e. The van der Waals surface area contributed by atoms with Gasteiger partial charge in [0.05, 0.1) is 5.75 Å². The second-order valence-corrected chi connectivity index (χ2v) is 5.94. The molecule has 0 unspecified atom stereocenters. The molecule has 0 aromatic carbocycles. The Balaban J connectivity index is 3.96. The van der Waals surface area contributed by atoms with Crippen LogP contribution in [-0.2, 0) is 10.0 Å². The van der Waals surface area contributed by atoms with Gasteiger partial charge < -0.3 is 5.11 Å². The van der Waals surface area contributed by atoms with Crippen molar-refractivity contribution in [2.24, 2.45) is 0 Å². The summed E-state index contributed by atoms with van der Waals surface area (Å²) in [5.41, 5.74) is -0.419. The van der Waals surface area contributed by atoms with E-state index in [2.05, 4.69) is 4.72 Å². The molecule has 0 amide bonds. The van der Waals surface area contributed by atoms with Crippen molar-refractivity contribution in [1.82, 2.24) is 4.72 Å². The van der Waals surface area contributed by atoms with Gasteiger partial charge in [-0.1, -0.05) is 0 Å². The maximum atomic E-state index is 11.3. The number of unbranched alkanes of at least 4 members (excludes halogenated alkanes) is 1. The minimum Gasteiger partial charge on any atom is -0.396 e. The van der Waals surface area contributed by atoms with Crippen LogP contribution < -0.4 is 4.72 Å². The SMILES string of the molecule is CC(C)(C)NS(=O)(=O)CCCCO. The molecule has 0 saturated heterocycles. The lowest BCUT2D eigenvalue weighted by Crippen LogP contribution is -2.41. The molecule has 0 aromatic rings. The van der Waals surface area contributed by atoms with E-state index in [0.29, 0.717) is 12.8 Å². The molecule has 0 aliphatic carbocycles. The van der Waals surface area contributed by atoms with Crippen LogP contribution >= 0.6 is 0 Å². The molecule has 0 spiro atoms. The highest BCUT2D eigenvalue weighted by Crippen LogP contribution is 2.03. The van der Waals surface area contributed by atoms with Crippen molar-refractivity contribution in [3.63, 3.8) is 0 Å². The number of aliphatic hydroxyl groups is 1. The largest absolute Gasteiger partial charge is 0.396 e. The molecule has 0 aliphatic heterocycles. The van der Waals surface area contributed by atoms with Crippen LogP contribution in [0.3, 0.4) is 0 Å². The van der Waals surface area contributed by atoms with E-state index in [0.717, 1.165) is 0 Å². The molecule has 0 radical (unpaired) electrons. The summed E-state index contributed by atoms with van der Waals surface area (Å²) >= 11 is 0. The molecule has 4 nitrogen and oxygen atoms in total. The van der Waals surface area contributed by atoms with Crippen molar-refractivity contribution in [3.8, 4) is 0 Å². The van der Waals surface area contributed by atoms with Crippen LogP contribution in [0.4, 0.5) is 0 Å². The van der Waals surface area contributed by atoms with Crippen LogP contribution in [0.25, 0.3) is 0 Å². The summed E-state index contributed by atoms with van der Waals surface area (Å²) in [6, 6.07) is 0. The molecule has 5 heteroatoms. The third-order valence-electron chi connectivity index (χ3n) is 1.28. The first kappa shape index (κ1) is 12.9. The highest BCUT2D eigenvalue weighted by atomic mass is 32.2. The predicted molar refractivity (Wildman–Crippen MR) is 53.0 cm³/mol. The molecule has 2 N–H and O–H groups in total. The average Bonchev–Trinajstić information content (AvgIpc) is 1.81. The Morgan fingerprint density at radius 3 is 2.15 bits per heavy atom. The molecule has 0 atom stereocenters. The van der Waals surface area contributed by atoms with Crippen molar-refractivity contribution in [1.29, 1.82) is 0 Å². The number of aliphatic hydroxyl groups excluding tert-OH is 1. The summed E-state index contributed by atoms with van der Waals surface area (Å²) in [5, 5.41) is 8.48. The summed E-state index contributed by atoms with van der Waals surface area (Å²) in [6.45, 7) is 5.45. The Hall–Kier alpha value is -0.130. The number of hydrogen-bond donors (Lipinski definition) is 2. The number of rotatable bonds is 5. The molecule has 80 valence electrons. The highest BCUT2D eigenvalue weighted by Gasteiger charge is 2.18. The zero-order valence-corrected chi connectivity index (χ0v) is 9.32. The maximum absolute atomic E-state index is 11.3. The molecule has 0 heterocycles. The second kappa shape index (κ2) is 4.93. The number of sulfonamides is 1. The van der Waals surface area contributed by atoms with Crippen LogP contribution in [0.15, 0.2) is 0 Å². The number of nitrogens with one attached hydrogen (secondary N) is 1. The lowest BCUT2D eigenvalue weighted by Gasteiger charge is -2.20. The summed E-state index contributed by atoms with van der Waals surface area (Å²) in [4.78, 5) is 0. The van der Waals surface area contributed by atoms with Crippen molar-refractivity contribution in [3.05, 3.63) is 0 Å². The van der Waals surface area contributed by atoms with E-state index in [1.165, 1.54) is 0 Å². The molecule has 0 saturated carbocycles. The van der Waals surface area contributed by atoms with Crippen LogP contribution in [0.5, 0.6) is 0 Å². The first-order valence-corrected chi connectivity index (χ1v) is 6.04. The van der Waals surface area contributed by atoms with Crippen LogP contribution in [0.1, 0.15) is 33.6 Å². The van der Waals surface area contributed by atoms with Gasteiger partial charge >= 0.3 is 0 Å². The van der Waals surface area contributed by atoms with Crippen LogP contribution in [0, 0.1) is 0 Å². The fourth-order valence-electron chi connectivity index (χ4n) is 0.921. The van der Waals surface area contributed by atoms with Gasteiger partial charge in [-0.2, -0.15) is 0 Å². The zero-order valence-electron chi connectivity index (χ0n) is 8.50. The summed E-state index contributed by atoms with van der Waals surface area (Å²) in [5.74, 6) is 0.0881. The molecular weight excluding hydrogens is 190 g/mol. The Kier molecular flexibility index (Phi) is 4.88. The lowest BCUT2D eigenvalue weighted by atomic mass is 10.1. The summed E-state index contributed by atoms with van der Waals surface area (Å²) in [6.07, 6.45) is 1.03. The zero-order chi connectivity index (χ0) is 10.5. The Morgan fingerprint density at radius 2 is 1.77 bits per heavy atom. The Morgan fingerprint density at radius 1 is 1.23 bits per heavy atom.